The molecule has 23 heavy (non-hydrogen) atoms. The van der Waals surface area contributed by atoms with E-state index in [4.69, 9.17) is 0 Å². The third-order valence-electron chi connectivity index (χ3n) is 3.00. The molecule has 0 saturated heterocycles. The maximum atomic E-state index is 13.2. The molecule has 1 heterocycles. The minimum atomic E-state index is -4.81. The first-order valence-electron chi connectivity index (χ1n) is 6.78. The lowest BCUT2D eigenvalue weighted by molar-refractivity contribution is -0.143. The van der Waals surface area contributed by atoms with E-state index < -0.39 is 28.8 Å². The van der Waals surface area contributed by atoms with Crippen LogP contribution in [0.4, 0.5) is 13.2 Å². The van der Waals surface area contributed by atoms with Crippen molar-refractivity contribution in [2.75, 3.05) is 13.7 Å². The average Bonchev–Trinajstić information content (AvgIpc) is 2.88. The summed E-state index contributed by atoms with van der Waals surface area (Å²) in [6.45, 7) is 4.50. The molecular weight excluding hydrogens is 315 g/mol. The van der Waals surface area contributed by atoms with Gasteiger partial charge in [0.15, 0.2) is 5.69 Å². The molecule has 0 saturated carbocycles. The van der Waals surface area contributed by atoms with Gasteiger partial charge in [-0.2, -0.15) is 18.3 Å². The lowest BCUT2D eigenvalue weighted by Gasteiger charge is -2.18. The highest BCUT2D eigenvalue weighted by Crippen LogP contribution is 2.33. The summed E-state index contributed by atoms with van der Waals surface area (Å²) < 4.78 is 44.7. The molecule has 0 radical (unpaired) electrons. The van der Waals surface area contributed by atoms with Crippen molar-refractivity contribution in [2.24, 2.45) is 5.41 Å². The lowest BCUT2D eigenvalue weighted by Crippen LogP contribution is -2.32. The summed E-state index contributed by atoms with van der Waals surface area (Å²) >= 11 is 0. The van der Waals surface area contributed by atoms with Crippen LogP contribution >= 0.6 is 0 Å². The number of carbonyl (C=O) groups is 2. The first-order chi connectivity index (χ1) is 10.5. The quantitative estimate of drug-likeness (QED) is 0.839. The molecule has 1 amide bonds. The number of nitrogens with zero attached hydrogens (tertiary/aromatic N) is 2. The van der Waals surface area contributed by atoms with E-state index in [0.717, 1.165) is 12.4 Å². The van der Waals surface area contributed by atoms with E-state index in [1.807, 2.05) is 0 Å². The fourth-order valence-corrected chi connectivity index (χ4v) is 1.77. The molecule has 0 aromatic carbocycles. The van der Waals surface area contributed by atoms with E-state index in [1.54, 1.807) is 0 Å². The monoisotopic (exact) mass is 333 g/mol. The van der Waals surface area contributed by atoms with Crippen LogP contribution in [0.5, 0.6) is 0 Å². The molecule has 0 unspecified atom stereocenters. The van der Waals surface area contributed by atoms with E-state index in [9.17, 15) is 22.8 Å². The molecule has 0 aliphatic rings. The second-order valence-corrected chi connectivity index (χ2v) is 5.19. The normalized spacial score (nSPS) is 12.5. The highest BCUT2D eigenvalue weighted by atomic mass is 19.4. The molecule has 0 spiro atoms. The van der Waals surface area contributed by atoms with Crippen molar-refractivity contribution in [3.8, 4) is 0 Å². The summed E-state index contributed by atoms with van der Waals surface area (Å²) in [6.07, 6.45) is -1.75. The van der Waals surface area contributed by atoms with Gasteiger partial charge in [0.2, 0.25) is 5.91 Å². The number of nitrogens with one attached hydrogen (secondary N) is 1. The van der Waals surface area contributed by atoms with Crippen LogP contribution in [0.25, 0.3) is 6.20 Å². The summed E-state index contributed by atoms with van der Waals surface area (Å²) in [5.74, 6) is -1.48. The molecule has 0 bridgehead atoms. The van der Waals surface area contributed by atoms with Crippen LogP contribution in [0.3, 0.4) is 0 Å². The number of hydrogen-bond donors (Lipinski definition) is 1. The zero-order valence-corrected chi connectivity index (χ0v) is 13.2. The Morgan fingerprint density at radius 1 is 1.39 bits per heavy atom. The molecule has 1 N–H and O–H groups in total. The topological polar surface area (TPSA) is 73.2 Å². The van der Waals surface area contributed by atoms with Gasteiger partial charge in [0.05, 0.1) is 18.2 Å². The Morgan fingerprint density at radius 2 is 2.00 bits per heavy atom. The maximum absolute atomic E-state index is 13.2. The van der Waals surface area contributed by atoms with Crippen molar-refractivity contribution < 1.29 is 27.5 Å². The number of rotatable bonds is 5. The van der Waals surface area contributed by atoms with Crippen molar-refractivity contribution in [1.29, 1.82) is 0 Å². The zero-order valence-electron chi connectivity index (χ0n) is 13.2. The summed E-state index contributed by atoms with van der Waals surface area (Å²) in [5.41, 5.74) is -2.98. The van der Waals surface area contributed by atoms with Gasteiger partial charge in [-0.15, -0.1) is 0 Å². The molecular formula is C14H18F3N3O3. The number of amides is 1. The number of ether oxygens (including phenoxy) is 1. The lowest BCUT2D eigenvalue weighted by atomic mass is 9.92. The first kappa shape index (κ1) is 18.7. The van der Waals surface area contributed by atoms with Gasteiger partial charge in [0.1, 0.15) is 5.56 Å². The van der Waals surface area contributed by atoms with Crippen LogP contribution in [0.15, 0.2) is 12.3 Å². The highest BCUT2D eigenvalue weighted by molar-refractivity contribution is 5.91. The summed E-state index contributed by atoms with van der Waals surface area (Å²) in [6, 6.07) is 0. The Morgan fingerprint density at radius 3 is 2.48 bits per heavy atom. The smallest absolute Gasteiger partial charge is 0.434 e. The van der Waals surface area contributed by atoms with Gasteiger partial charge in [0.25, 0.3) is 0 Å². The average molecular weight is 333 g/mol. The SMILES string of the molecule is CCOC(=O)c1cnn(/C=C/C(C)(C)C(=O)NC)c1C(F)(F)F. The molecule has 6 nitrogen and oxygen atoms in total. The Hall–Kier alpha value is -2.32. The molecule has 1 aromatic heterocycles. The Bertz CT molecular complexity index is 619. The predicted molar refractivity (Wildman–Crippen MR) is 76.4 cm³/mol. The van der Waals surface area contributed by atoms with E-state index in [1.165, 1.54) is 33.9 Å². The molecule has 0 fully saturated rings. The van der Waals surface area contributed by atoms with E-state index in [-0.39, 0.29) is 12.5 Å². The van der Waals surface area contributed by atoms with Gasteiger partial charge in [-0.05, 0) is 20.8 Å². The molecule has 0 aliphatic heterocycles. The fourth-order valence-electron chi connectivity index (χ4n) is 1.77. The Labute approximate surface area is 131 Å². The zero-order chi connectivity index (χ0) is 17.8. The van der Waals surface area contributed by atoms with Crippen LogP contribution in [0, 0.1) is 5.41 Å². The second-order valence-electron chi connectivity index (χ2n) is 5.19. The van der Waals surface area contributed by atoms with Crippen molar-refractivity contribution in [2.45, 2.75) is 26.9 Å². The summed E-state index contributed by atoms with van der Waals surface area (Å²) in [5, 5.41) is 5.96. The molecule has 1 aromatic rings. The van der Waals surface area contributed by atoms with E-state index >= 15 is 0 Å². The molecule has 9 heteroatoms. The largest absolute Gasteiger partial charge is 0.462 e. The minimum absolute atomic E-state index is 0.0547. The number of esters is 1. The van der Waals surface area contributed by atoms with Gasteiger partial charge in [-0.3, -0.25) is 4.79 Å². The Kier molecular flexibility index (Phi) is 5.57. The van der Waals surface area contributed by atoms with Gasteiger partial charge in [0, 0.05) is 13.2 Å². The number of alkyl halides is 3. The van der Waals surface area contributed by atoms with Gasteiger partial charge in [-0.1, -0.05) is 6.08 Å². The van der Waals surface area contributed by atoms with Crippen LogP contribution in [-0.4, -0.2) is 35.3 Å². The van der Waals surface area contributed by atoms with Crippen LogP contribution < -0.4 is 5.32 Å². The summed E-state index contributed by atoms with van der Waals surface area (Å²) in [7, 11) is 1.42. The Balaban J connectivity index is 3.28. The fraction of sp³-hybridized carbons (Fsp3) is 0.500. The minimum Gasteiger partial charge on any atom is -0.462 e. The van der Waals surface area contributed by atoms with Crippen molar-refractivity contribution >= 4 is 18.1 Å². The van der Waals surface area contributed by atoms with Crippen molar-refractivity contribution in [1.82, 2.24) is 15.1 Å². The third-order valence-corrected chi connectivity index (χ3v) is 3.00. The number of aromatic nitrogens is 2. The molecule has 1 rings (SSSR count). The van der Waals surface area contributed by atoms with Crippen LogP contribution in [0.1, 0.15) is 36.8 Å². The molecule has 128 valence electrons. The molecule has 0 atom stereocenters. The van der Waals surface area contributed by atoms with Crippen molar-refractivity contribution in [3.05, 3.63) is 23.5 Å². The standard InChI is InChI=1S/C14H18F3N3O3/c1-5-23-11(21)9-8-19-20(10(9)14(15,16)17)7-6-13(2,3)12(22)18-4/h6-8H,5H2,1-4H3,(H,18,22)/b7-6+. The van der Waals surface area contributed by atoms with Crippen LogP contribution in [0.2, 0.25) is 0 Å². The van der Waals surface area contributed by atoms with Gasteiger partial charge >= 0.3 is 12.1 Å². The maximum Gasteiger partial charge on any atom is 0.434 e. The van der Waals surface area contributed by atoms with Gasteiger partial charge in [-0.25, -0.2) is 9.48 Å². The van der Waals surface area contributed by atoms with E-state index in [2.05, 4.69) is 15.2 Å². The van der Waals surface area contributed by atoms with Gasteiger partial charge < -0.3 is 10.1 Å². The van der Waals surface area contributed by atoms with Crippen molar-refractivity contribution in [3.63, 3.8) is 0 Å². The predicted octanol–water partition coefficient (Wildman–Crippen LogP) is 2.32. The summed E-state index contributed by atoms with van der Waals surface area (Å²) in [4.78, 5) is 23.3. The number of hydrogen-bond acceptors (Lipinski definition) is 4. The highest BCUT2D eigenvalue weighted by Gasteiger charge is 2.40. The van der Waals surface area contributed by atoms with E-state index in [0.29, 0.717) is 4.68 Å². The van der Waals surface area contributed by atoms with Crippen LogP contribution in [-0.2, 0) is 15.7 Å². The number of halogens is 3. The molecule has 0 aliphatic carbocycles. The number of carbonyl (C=O) groups excluding carboxylic acids is 2. The third kappa shape index (κ3) is 4.33. The first-order valence-corrected chi connectivity index (χ1v) is 6.78. The second kappa shape index (κ2) is 6.84.